The third-order valence-corrected chi connectivity index (χ3v) is 5.25. The molecular formula is C22H24N6O4. The Labute approximate surface area is 185 Å². The number of para-hydroxylation sites is 1. The van der Waals surface area contributed by atoms with Crippen molar-refractivity contribution >= 4 is 11.9 Å². The maximum absolute atomic E-state index is 13.0. The highest BCUT2D eigenvalue weighted by Gasteiger charge is 2.25. The maximum atomic E-state index is 13.0. The number of nitrogens with zero attached hydrogens (tertiary/aromatic N) is 6. The van der Waals surface area contributed by atoms with Crippen LogP contribution in [0.3, 0.4) is 0 Å². The molecule has 1 fully saturated rings. The summed E-state index contributed by atoms with van der Waals surface area (Å²) in [6.07, 6.45) is 0. The summed E-state index contributed by atoms with van der Waals surface area (Å²) in [5.41, 5.74) is 1.24. The van der Waals surface area contributed by atoms with Gasteiger partial charge >= 0.3 is 5.97 Å². The summed E-state index contributed by atoms with van der Waals surface area (Å²) in [5, 5.41) is 12.1. The van der Waals surface area contributed by atoms with Crippen LogP contribution in [0.25, 0.3) is 5.69 Å². The van der Waals surface area contributed by atoms with Gasteiger partial charge in [-0.15, -0.1) is 5.10 Å². The number of aromatic nitrogens is 4. The summed E-state index contributed by atoms with van der Waals surface area (Å²) in [6.45, 7) is 4.34. The molecule has 0 saturated carbocycles. The number of ether oxygens (including phenoxy) is 2. The first-order valence-electron chi connectivity index (χ1n) is 10.3. The van der Waals surface area contributed by atoms with Crippen molar-refractivity contribution in [2.75, 3.05) is 33.3 Å². The second-order valence-corrected chi connectivity index (χ2v) is 7.36. The summed E-state index contributed by atoms with van der Waals surface area (Å²) >= 11 is 0. The van der Waals surface area contributed by atoms with E-state index in [9.17, 15) is 9.59 Å². The van der Waals surface area contributed by atoms with Gasteiger partial charge in [-0.05, 0) is 46.8 Å². The summed E-state index contributed by atoms with van der Waals surface area (Å²) in [4.78, 5) is 28.3. The lowest BCUT2D eigenvalue weighted by molar-refractivity contribution is -0.131. The summed E-state index contributed by atoms with van der Waals surface area (Å²) in [5.74, 6) is 1.16. The topological polar surface area (TPSA) is 103 Å². The van der Waals surface area contributed by atoms with Gasteiger partial charge in [0.25, 0.3) is 5.91 Å². The van der Waals surface area contributed by atoms with E-state index in [4.69, 9.17) is 9.47 Å². The monoisotopic (exact) mass is 436 g/mol. The van der Waals surface area contributed by atoms with Gasteiger partial charge in [-0.3, -0.25) is 14.5 Å². The molecule has 4 rings (SSSR count). The number of esters is 1. The zero-order valence-electron chi connectivity index (χ0n) is 18.0. The fourth-order valence-corrected chi connectivity index (χ4v) is 3.59. The molecule has 32 heavy (non-hydrogen) atoms. The number of carbonyl (C=O) groups excluding carboxylic acids is 2. The molecule has 0 N–H and O–H groups in total. The van der Waals surface area contributed by atoms with Crippen LogP contribution in [-0.2, 0) is 11.3 Å². The fourth-order valence-electron chi connectivity index (χ4n) is 3.59. The molecule has 0 spiro atoms. The standard InChI is InChI=1S/C22H24N6O4/c1-16(29)32-20-6-4-3-5-19(20)22(30)27-13-11-26(12-14-27)15-21-23-24-25-28(21)17-7-9-18(31-2)10-8-17/h3-10H,11-15H2,1-2H3. The Morgan fingerprint density at radius 2 is 1.72 bits per heavy atom. The minimum atomic E-state index is -0.454. The van der Waals surface area contributed by atoms with Gasteiger partial charge in [-0.25, -0.2) is 0 Å². The minimum Gasteiger partial charge on any atom is -0.497 e. The molecule has 2 heterocycles. The quantitative estimate of drug-likeness (QED) is 0.424. The van der Waals surface area contributed by atoms with Gasteiger partial charge in [-0.1, -0.05) is 12.1 Å². The van der Waals surface area contributed by atoms with Gasteiger partial charge in [0.1, 0.15) is 11.5 Å². The maximum Gasteiger partial charge on any atom is 0.308 e. The van der Waals surface area contributed by atoms with Crippen LogP contribution in [0.1, 0.15) is 23.1 Å². The lowest BCUT2D eigenvalue weighted by Gasteiger charge is -2.34. The predicted octanol–water partition coefficient (Wildman–Crippen LogP) is 1.55. The number of tetrazole rings is 1. The third-order valence-electron chi connectivity index (χ3n) is 5.25. The first kappa shape index (κ1) is 21.4. The Morgan fingerprint density at radius 3 is 2.41 bits per heavy atom. The Bertz CT molecular complexity index is 1090. The third kappa shape index (κ3) is 4.75. The number of benzene rings is 2. The van der Waals surface area contributed by atoms with E-state index in [0.29, 0.717) is 38.3 Å². The Morgan fingerprint density at radius 1 is 1.00 bits per heavy atom. The molecule has 0 atom stereocenters. The van der Waals surface area contributed by atoms with Crippen molar-refractivity contribution in [1.29, 1.82) is 0 Å². The fraction of sp³-hybridized carbons (Fsp3) is 0.318. The van der Waals surface area contributed by atoms with Gasteiger partial charge in [0, 0.05) is 33.1 Å². The number of carbonyl (C=O) groups is 2. The van der Waals surface area contributed by atoms with Crippen LogP contribution in [0.15, 0.2) is 48.5 Å². The van der Waals surface area contributed by atoms with Crippen LogP contribution in [-0.4, -0.2) is 75.2 Å². The summed E-state index contributed by atoms with van der Waals surface area (Å²) in [7, 11) is 1.62. The smallest absolute Gasteiger partial charge is 0.308 e. The second-order valence-electron chi connectivity index (χ2n) is 7.36. The molecule has 0 aliphatic carbocycles. The van der Waals surface area contributed by atoms with Crippen molar-refractivity contribution in [3.63, 3.8) is 0 Å². The van der Waals surface area contributed by atoms with E-state index in [1.54, 1.807) is 41.0 Å². The molecule has 10 heteroatoms. The number of piperazine rings is 1. The second kappa shape index (κ2) is 9.56. The Hall–Kier alpha value is -3.79. The van der Waals surface area contributed by atoms with Crippen molar-refractivity contribution in [3.05, 3.63) is 59.9 Å². The van der Waals surface area contributed by atoms with Crippen molar-refractivity contribution in [3.8, 4) is 17.2 Å². The van der Waals surface area contributed by atoms with E-state index < -0.39 is 5.97 Å². The van der Waals surface area contributed by atoms with Crippen molar-refractivity contribution in [2.24, 2.45) is 0 Å². The molecule has 166 valence electrons. The summed E-state index contributed by atoms with van der Waals surface area (Å²) in [6, 6.07) is 14.3. The first-order chi connectivity index (χ1) is 15.5. The molecule has 1 saturated heterocycles. The normalized spacial score (nSPS) is 14.2. The van der Waals surface area contributed by atoms with Crippen LogP contribution >= 0.6 is 0 Å². The highest BCUT2D eigenvalue weighted by Crippen LogP contribution is 2.21. The average molecular weight is 436 g/mol. The van der Waals surface area contributed by atoms with E-state index in [-0.39, 0.29) is 11.7 Å². The van der Waals surface area contributed by atoms with Crippen LogP contribution in [0.5, 0.6) is 11.5 Å². The van der Waals surface area contributed by atoms with E-state index in [1.807, 2.05) is 24.3 Å². The van der Waals surface area contributed by atoms with Crippen LogP contribution < -0.4 is 9.47 Å². The molecule has 1 amide bonds. The van der Waals surface area contributed by atoms with Crippen molar-refractivity contribution in [1.82, 2.24) is 30.0 Å². The van der Waals surface area contributed by atoms with Gasteiger partial charge in [0.2, 0.25) is 0 Å². The molecule has 10 nitrogen and oxygen atoms in total. The first-order valence-corrected chi connectivity index (χ1v) is 10.3. The number of hydrogen-bond donors (Lipinski definition) is 0. The van der Waals surface area contributed by atoms with Gasteiger partial charge in [-0.2, -0.15) is 4.68 Å². The zero-order valence-corrected chi connectivity index (χ0v) is 18.0. The molecule has 1 aliphatic rings. The molecule has 2 aromatic carbocycles. The molecular weight excluding hydrogens is 412 g/mol. The largest absolute Gasteiger partial charge is 0.497 e. The van der Waals surface area contributed by atoms with Gasteiger partial charge in [0.15, 0.2) is 5.82 Å². The lowest BCUT2D eigenvalue weighted by atomic mass is 10.1. The predicted molar refractivity (Wildman–Crippen MR) is 115 cm³/mol. The van der Waals surface area contributed by atoms with E-state index in [0.717, 1.165) is 17.3 Å². The molecule has 1 aromatic heterocycles. The molecule has 0 unspecified atom stereocenters. The molecule has 0 bridgehead atoms. The highest BCUT2D eigenvalue weighted by atomic mass is 16.5. The zero-order chi connectivity index (χ0) is 22.5. The van der Waals surface area contributed by atoms with E-state index >= 15 is 0 Å². The number of methoxy groups -OCH3 is 1. The SMILES string of the molecule is COc1ccc(-n2nnnc2CN2CCN(C(=O)c3ccccc3OC(C)=O)CC2)cc1. The van der Waals surface area contributed by atoms with Gasteiger partial charge in [0.05, 0.1) is 24.9 Å². The van der Waals surface area contributed by atoms with Gasteiger partial charge < -0.3 is 14.4 Å². The Balaban J connectivity index is 1.39. The lowest BCUT2D eigenvalue weighted by Crippen LogP contribution is -2.48. The molecule has 0 radical (unpaired) electrons. The van der Waals surface area contributed by atoms with E-state index in [2.05, 4.69) is 20.4 Å². The van der Waals surface area contributed by atoms with Crippen molar-refractivity contribution < 1.29 is 19.1 Å². The highest BCUT2D eigenvalue weighted by molar-refractivity contribution is 5.97. The number of rotatable bonds is 6. The molecule has 3 aromatic rings. The number of hydrogen-bond acceptors (Lipinski definition) is 8. The Kier molecular flexibility index (Phi) is 6.41. The van der Waals surface area contributed by atoms with Crippen LogP contribution in [0.4, 0.5) is 0 Å². The van der Waals surface area contributed by atoms with Crippen molar-refractivity contribution in [2.45, 2.75) is 13.5 Å². The van der Waals surface area contributed by atoms with E-state index in [1.165, 1.54) is 6.92 Å². The average Bonchev–Trinajstić information content (AvgIpc) is 3.27. The molecule has 1 aliphatic heterocycles. The van der Waals surface area contributed by atoms with Crippen LogP contribution in [0, 0.1) is 0 Å². The minimum absolute atomic E-state index is 0.149. The number of amides is 1. The van der Waals surface area contributed by atoms with Crippen LogP contribution in [0.2, 0.25) is 0 Å². The summed E-state index contributed by atoms with van der Waals surface area (Å²) < 4.78 is 12.1.